The Morgan fingerprint density at radius 1 is 0.280 bits per heavy atom. The van der Waals surface area contributed by atoms with Gasteiger partial charge in [-0.25, -0.2) is 0 Å². The predicted molar refractivity (Wildman–Crippen MR) is 356 cm³/mol. The van der Waals surface area contributed by atoms with E-state index in [1.54, 1.807) is 0 Å². The highest BCUT2D eigenvalue weighted by atomic mass is 79.9. The van der Waals surface area contributed by atoms with Crippen LogP contribution in [-0.4, -0.2) is 162 Å². The maximum Gasteiger partial charge on any atom is 0.163 e. The van der Waals surface area contributed by atoms with Gasteiger partial charge in [0.1, 0.15) is 0 Å². The second-order valence-corrected chi connectivity index (χ2v) is 41.2. The minimum atomic E-state index is -0.400. The zero-order valence-electron chi connectivity index (χ0n) is 51.5. The van der Waals surface area contributed by atoms with Crippen molar-refractivity contribution < 1.29 is 56.8 Å². The maximum absolute atomic E-state index is 6.02. The molecule has 0 aromatic rings. The highest BCUT2D eigenvalue weighted by molar-refractivity contribution is 9.09. The van der Waals surface area contributed by atoms with Crippen LogP contribution in [0.4, 0.5) is 0 Å². The molecular formula is C60H102Br2O12S8. The molecule has 0 N–H and O–H groups in total. The molecule has 0 bridgehead atoms. The summed E-state index contributed by atoms with van der Waals surface area (Å²) in [4.78, 5) is 0. The van der Waals surface area contributed by atoms with Crippen LogP contribution in [0.1, 0.15) is 212 Å². The third-order valence-corrected chi connectivity index (χ3v) is 33.1. The summed E-state index contributed by atoms with van der Waals surface area (Å²) in [5, 5.41) is 5.94. The van der Waals surface area contributed by atoms with Crippen molar-refractivity contribution >= 4 is 118 Å². The van der Waals surface area contributed by atoms with Crippen LogP contribution in [0.15, 0.2) is 0 Å². The van der Waals surface area contributed by atoms with Crippen molar-refractivity contribution in [3.05, 3.63) is 0 Å². The average molecular weight is 1430 g/mol. The first kappa shape index (κ1) is 69.6. The molecule has 0 aromatic carbocycles. The van der Waals surface area contributed by atoms with Crippen LogP contribution in [0.5, 0.6) is 0 Å². The molecule has 0 aromatic heterocycles. The van der Waals surface area contributed by atoms with E-state index in [2.05, 4.69) is 118 Å². The first-order valence-electron chi connectivity index (χ1n) is 31.0. The Hall–Kier alpha value is 3.28. The maximum atomic E-state index is 6.02. The van der Waals surface area contributed by atoms with Gasteiger partial charge in [0.05, 0.1) is 76.3 Å². The number of ether oxygens (including phenoxy) is 12. The summed E-state index contributed by atoms with van der Waals surface area (Å²) in [6.45, 7) is 28.2. The van der Waals surface area contributed by atoms with Gasteiger partial charge >= 0.3 is 0 Å². The van der Waals surface area contributed by atoms with Crippen LogP contribution in [-0.2, 0) is 56.8 Å². The lowest BCUT2D eigenvalue weighted by atomic mass is 10.2. The first-order chi connectivity index (χ1) is 38.6. The summed E-state index contributed by atoms with van der Waals surface area (Å²) in [5.74, 6) is -2.32. The molecule has 14 aliphatic rings. The predicted octanol–water partition coefficient (Wildman–Crippen LogP) is 17.5. The molecule has 6 aliphatic heterocycles. The average Bonchev–Trinajstić information content (AvgIpc) is 4.32. The van der Waals surface area contributed by atoms with Gasteiger partial charge in [-0.3, -0.25) is 0 Å². The fourth-order valence-corrected chi connectivity index (χ4v) is 24.5. The van der Waals surface area contributed by atoms with Crippen molar-refractivity contribution in [2.45, 2.75) is 323 Å². The van der Waals surface area contributed by atoms with E-state index < -0.39 is 23.1 Å². The van der Waals surface area contributed by atoms with Crippen LogP contribution in [0.3, 0.4) is 0 Å². The quantitative estimate of drug-likeness (QED) is 0.0756. The Balaban J connectivity index is 0.000000128. The minimum absolute atomic E-state index is 0.236. The lowest BCUT2D eigenvalue weighted by Gasteiger charge is -2.24. The molecule has 476 valence electrons. The summed E-state index contributed by atoms with van der Waals surface area (Å²) < 4.78 is 70.1. The van der Waals surface area contributed by atoms with Gasteiger partial charge in [0.15, 0.2) is 34.7 Å². The third kappa shape index (κ3) is 25.3. The van der Waals surface area contributed by atoms with E-state index in [4.69, 9.17) is 56.8 Å². The molecule has 14 rings (SSSR count). The number of rotatable bonds is 22. The minimum Gasteiger partial charge on any atom is -0.348 e. The third-order valence-electron chi connectivity index (χ3n) is 15.9. The van der Waals surface area contributed by atoms with Crippen molar-refractivity contribution in [2.75, 3.05) is 50.3 Å². The van der Waals surface area contributed by atoms with E-state index in [1.165, 1.54) is 103 Å². The highest BCUT2D eigenvalue weighted by Gasteiger charge is 2.55. The topological polar surface area (TPSA) is 111 Å². The Bertz CT molecular complexity index is 1750. The number of hydrogen-bond donors (Lipinski definition) is 0. The molecular weight excluding hydrogens is 1330 g/mol. The zero-order chi connectivity index (χ0) is 58.7. The van der Waals surface area contributed by atoms with Crippen molar-refractivity contribution in [2.24, 2.45) is 0 Å². The zero-order valence-corrected chi connectivity index (χ0v) is 61.2. The van der Waals surface area contributed by atoms with Crippen LogP contribution in [0, 0.1) is 0 Å². The molecule has 82 heavy (non-hydrogen) atoms. The van der Waals surface area contributed by atoms with E-state index >= 15 is 0 Å². The lowest BCUT2D eigenvalue weighted by Crippen LogP contribution is -2.25. The molecule has 0 unspecified atom stereocenters. The summed E-state index contributed by atoms with van der Waals surface area (Å²) >= 11 is 6.65. The highest BCUT2D eigenvalue weighted by Crippen LogP contribution is 2.67. The van der Waals surface area contributed by atoms with E-state index in [9.17, 15) is 0 Å². The first-order valence-corrected chi connectivity index (χ1v) is 42.1. The van der Waals surface area contributed by atoms with Crippen molar-refractivity contribution in [3.63, 3.8) is 0 Å². The van der Waals surface area contributed by atoms with E-state index in [0.717, 1.165) is 83.8 Å². The van der Waals surface area contributed by atoms with Crippen LogP contribution in [0.25, 0.3) is 0 Å². The molecule has 6 heterocycles. The molecule has 0 amide bonds. The molecule has 8 saturated carbocycles. The molecule has 0 radical (unpaired) electrons. The smallest absolute Gasteiger partial charge is 0.163 e. The molecule has 6 saturated heterocycles. The Labute approximate surface area is 543 Å². The fraction of sp³-hybridized carbons (Fsp3) is 1.00. The second-order valence-electron chi connectivity index (χ2n) is 28.1. The molecule has 6 atom stereocenters. The van der Waals surface area contributed by atoms with Gasteiger partial charge in [0.2, 0.25) is 0 Å². The van der Waals surface area contributed by atoms with E-state index in [-0.39, 0.29) is 48.2 Å². The van der Waals surface area contributed by atoms with Gasteiger partial charge in [0.25, 0.3) is 0 Å². The largest absolute Gasteiger partial charge is 0.348 e. The lowest BCUT2D eigenvalue weighted by molar-refractivity contribution is -0.139. The van der Waals surface area contributed by atoms with Crippen molar-refractivity contribution in [1.29, 1.82) is 0 Å². The molecule has 12 nitrogen and oxygen atoms in total. The van der Waals surface area contributed by atoms with Gasteiger partial charge in [-0.15, -0.1) is 0 Å². The van der Waals surface area contributed by atoms with Gasteiger partial charge in [0, 0.05) is 50.6 Å². The number of halogens is 2. The molecule has 0 spiro atoms. The second kappa shape index (κ2) is 29.3. The fourth-order valence-electron chi connectivity index (χ4n) is 9.96. The SMILES string of the molecule is C1CC1SSC1CC1.C1CC1SSC1CC1.CC1(C)OC[C@@H](CBr)O1.CC1(C)OC[C@@H](CC2(SSC3(C[C@@H]4COC(C)(C)O4)CC3)CC2)O1.CC1(C)OC[C@H](CBr)O1.CC1(C)OC[C@H](CC2(SSC3(C[C@H]4COC(C)(C)O4)CC3)CC2)O1. The summed E-state index contributed by atoms with van der Waals surface area (Å²) in [5.41, 5.74) is 0. The molecule has 14 fully saturated rings. The van der Waals surface area contributed by atoms with Gasteiger partial charge in [-0.05, 0) is 212 Å². The van der Waals surface area contributed by atoms with E-state index in [1.807, 2.05) is 83.1 Å². The van der Waals surface area contributed by atoms with E-state index in [0.29, 0.717) is 32.2 Å². The van der Waals surface area contributed by atoms with Gasteiger partial charge in [-0.2, -0.15) is 0 Å². The Morgan fingerprint density at radius 3 is 0.561 bits per heavy atom. The van der Waals surface area contributed by atoms with Gasteiger partial charge < -0.3 is 56.8 Å². The van der Waals surface area contributed by atoms with Crippen LogP contribution in [0.2, 0.25) is 0 Å². The summed E-state index contributed by atoms with van der Waals surface area (Å²) in [6.07, 6.45) is 28.5. The summed E-state index contributed by atoms with van der Waals surface area (Å²) in [6, 6.07) is 0. The molecule has 22 heteroatoms. The molecule has 8 aliphatic carbocycles. The van der Waals surface area contributed by atoms with Crippen molar-refractivity contribution in [1.82, 2.24) is 0 Å². The van der Waals surface area contributed by atoms with Crippen LogP contribution < -0.4 is 0 Å². The normalized spacial score (nSPS) is 34.8. The standard InChI is InChI=1S/2C18H30O4S2.2C6H11BrO2.2C6H10S2/c2*1-15(2)19-11-13(21-15)9-17(5-6-17)23-24-18(7-8-18)10-14-12-20-16(3,4)22-14;2*1-6(2)8-4-5(3-7)9-6;2*1-2-5(1)7-8-6-3-4-6/h2*13-14H,5-12H2,1-4H3;2*5H,3-4H2,1-2H3;2*5-6H,1-4H2/t2*13-,14-;2*5-;;/m1010../s1. The number of hydrogen-bond acceptors (Lipinski definition) is 20. The monoisotopic (exact) mass is 1430 g/mol. The van der Waals surface area contributed by atoms with Gasteiger partial charge in [-0.1, -0.05) is 118 Å². The summed E-state index contributed by atoms with van der Waals surface area (Å²) in [7, 11) is 17.0. The van der Waals surface area contributed by atoms with Crippen molar-refractivity contribution in [3.8, 4) is 0 Å². The number of alkyl halides is 2. The van der Waals surface area contributed by atoms with Crippen LogP contribution >= 0.6 is 118 Å². The Morgan fingerprint density at radius 2 is 0.451 bits per heavy atom. The Kier molecular flexibility index (Phi) is 24.9.